The van der Waals surface area contributed by atoms with Crippen molar-refractivity contribution in [2.75, 3.05) is 6.61 Å². The second-order valence-corrected chi connectivity index (χ2v) is 4.92. The van der Waals surface area contributed by atoms with Crippen molar-refractivity contribution in [2.45, 2.75) is 39.5 Å². The summed E-state index contributed by atoms with van der Waals surface area (Å²) < 4.78 is 0. The van der Waals surface area contributed by atoms with Gasteiger partial charge in [0.25, 0.3) is 0 Å². The lowest BCUT2D eigenvalue weighted by Crippen LogP contribution is -2.36. The lowest BCUT2D eigenvalue weighted by Gasteiger charge is -2.43. The third-order valence-corrected chi connectivity index (χ3v) is 4.52. The minimum atomic E-state index is 0.326. The van der Waals surface area contributed by atoms with Gasteiger partial charge in [-0.05, 0) is 42.9 Å². The van der Waals surface area contributed by atoms with Gasteiger partial charge in [-0.25, -0.2) is 0 Å². The van der Waals surface area contributed by atoms with Crippen LogP contribution in [0.1, 0.15) is 39.5 Å². The Morgan fingerprint density at radius 1 is 1.62 bits per heavy atom. The summed E-state index contributed by atoms with van der Waals surface area (Å²) >= 11 is 0. The Balaban J connectivity index is 2.28. The monoisotopic (exact) mass is 180 g/mol. The first-order chi connectivity index (χ1) is 6.19. The van der Waals surface area contributed by atoms with Crippen molar-refractivity contribution in [1.29, 1.82) is 0 Å². The standard InChI is InChI=1S/C12H20O/c1-9-4-3-5-10-6-7-11(8-13)12(9,10)2/h6,9,11,13H,3-5,7-8H2,1-2H3. The zero-order valence-corrected chi connectivity index (χ0v) is 8.71. The summed E-state index contributed by atoms with van der Waals surface area (Å²) in [7, 11) is 0. The van der Waals surface area contributed by atoms with Crippen molar-refractivity contribution < 1.29 is 5.11 Å². The van der Waals surface area contributed by atoms with E-state index in [4.69, 9.17) is 0 Å². The van der Waals surface area contributed by atoms with Crippen molar-refractivity contribution in [3.63, 3.8) is 0 Å². The van der Waals surface area contributed by atoms with E-state index < -0.39 is 0 Å². The molecular weight excluding hydrogens is 160 g/mol. The molecule has 1 fully saturated rings. The smallest absolute Gasteiger partial charge is 0.0470 e. The molecule has 1 N–H and O–H groups in total. The normalized spacial score (nSPS) is 44.4. The third kappa shape index (κ3) is 1.17. The van der Waals surface area contributed by atoms with Crippen LogP contribution in [0.15, 0.2) is 11.6 Å². The minimum absolute atomic E-state index is 0.326. The van der Waals surface area contributed by atoms with E-state index in [1.165, 1.54) is 19.3 Å². The van der Waals surface area contributed by atoms with Gasteiger partial charge < -0.3 is 5.11 Å². The fourth-order valence-corrected chi connectivity index (χ4v) is 3.26. The van der Waals surface area contributed by atoms with Gasteiger partial charge in [0.15, 0.2) is 0 Å². The molecule has 0 heterocycles. The maximum absolute atomic E-state index is 9.35. The van der Waals surface area contributed by atoms with E-state index >= 15 is 0 Å². The van der Waals surface area contributed by atoms with E-state index in [2.05, 4.69) is 19.9 Å². The first kappa shape index (κ1) is 9.26. The predicted molar refractivity (Wildman–Crippen MR) is 54.4 cm³/mol. The summed E-state index contributed by atoms with van der Waals surface area (Å²) in [6.45, 7) is 5.07. The molecule has 0 aromatic heterocycles. The van der Waals surface area contributed by atoms with Gasteiger partial charge in [-0.3, -0.25) is 0 Å². The molecule has 0 amide bonds. The molecule has 1 heteroatoms. The van der Waals surface area contributed by atoms with E-state index in [9.17, 15) is 5.11 Å². The van der Waals surface area contributed by atoms with Gasteiger partial charge in [0.1, 0.15) is 0 Å². The van der Waals surface area contributed by atoms with E-state index in [0.717, 1.165) is 12.3 Å². The summed E-state index contributed by atoms with van der Waals surface area (Å²) in [4.78, 5) is 0. The molecule has 2 aliphatic carbocycles. The van der Waals surface area contributed by atoms with E-state index in [1.807, 2.05) is 0 Å². The molecule has 1 saturated carbocycles. The minimum Gasteiger partial charge on any atom is -0.396 e. The van der Waals surface area contributed by atoms with Gasteiger partial charge in [-0.1, -0.05) is 25.5 Å². The number of aliphatic hydroxyl groups is 1. The van der Waals surface area contributed by atoms with Gasteiger partial charge in [0.2, 0.25) is 0 Å². The number of hydrogen-bond acceptors (Lipinski definition) is 1. The molecule has 0 aromatic rings. The van der Waals surface area contributed by atoms with E-state index in [1.54, 1.807) is 5.57 Å². The first-order valence-corrected chi connectivity index (χ1v) is 5.50. The van der Waals surface area contributed by atoms with Gasteiger partial charge in [0.05, 0.1) is 0 Å². The second kappa shape index (κ2) is 3.13. The highest BCUT2D eigenvalue weighted by atomic mass is 16.3. The lowest BCUT2D eigenvalue weighted by atomic mass is 9.62. The summed E-state index contributed by atoms with van der Waals surface area (Å²) in [5.74, 6) is 1.25. The van der Waals surface area contributed by atoms with Gasteiger partial charge in [-0.2, -0.15) is 0 Å². The van der Waals surface area contributed by atoms with Gasteiger partial charge in [-0.15, -0.1) is 0 Å². The molecule has 0 bridgehead atoms. The molecule has 0 spiro atoms. The quantitative estimate of drug-likeness (QED) is 0.615. The Labute approximate surface area is 80.8 Å². The number of fused-ring (bicyclic) bond motifs is 1. The number of hydrogen-bond donors (Lipinski definition) is 1. The topological polar surface area (TPSA) is 20.2 Å². The van der Waals surface area contributed by atoms with Crippen molar-refractivity contribution in [3.8, 4) is 0 Å². The molecule has 0 radical (unpaired) electrons. The maximum Gasteiger partial charge on any atom is 0.0470 e. The highest BCUT2D eigenvalue weighted by molar-refractivity contribution is 5.25. The van der Waals surface area contributed by atoms with Crippen LogP contribution in [-0.4, -0.2) is 11.7 Å². The maximum atomic E-state index is 9.35. The van der Waals surface area contributed by atoms with Crippen LogP contribution in [0.5, 0.6) is 0 Å². The Kier molecular flexibility index (Phi) is 2.23. The number of rotatable bonds is 1. The molecule has 3 atom stereocenters. The molecule has 74 valence electrons. The van der Waals surface area contributed by atoms with Crippen molar-refractivity contribution in [2.24, 2.45) is 17.3 Å². The molecular formula is C12H20O. The Morgan fingerprint density at radius 3 is 3.08 bits per heavy atom. The number of allylic oxidation sites excluding steroid dienone is 2. The Bertz CT molecular complexity index is 231. The molecule has 3 unspecified atom stereocenters. The largest absolute Gasteiger partial charge is 0.396 e. The first-order valence-electron chi connectivity index (χ1n) is 5.50. The molecule has 0 aliphatic heterocycles. The van der Waals surface area contributed by atoms with E-state index in [-0.39, 0.29) is 0 Å². The highest BCUT2D eigenvalue weighted by Gasteiger charge is 2.46. The molecule has 1 nitrogen and oxygen atoms in total. The zero-order chi connectivity index (χ0) is 9.47. The van der Waals surface area contributed by atoms with E-state index in [0.29, 0.717) is 17.9 Å². The number of aliphatic hydroxyl groups excluding tert-OH is 1. The van der Waals surface area contributed by atoms with Gasteiger partial charge >= 0.3 is 0 Å². The highest BCUT2D eigenvalue weighted by Crippen LogP contribution is 2.54. The molecule has 13 heavy (non-hydrogen) atoms. The summed E-state index contributed by atoms with van der Waals surface area (Å²) in [5, 5.41) is 9.35. The summed E-state index contributed by atoms with van der Waals surface area (Å²) in [6.07, 6.45) is 7.45. The van der Waals surface area contributed by atoms with Crippen LogP contribution in [0.25, 0.3) is 0 Å². The average molecular weight is 180 g/mol. The fraction of sp³-hybridized carbons (Fsp3) is 0.833. The van der Waals surface area contributed by atoms with Crippen LogP contribution in [0.4, 0.5) is 0 Å². The zero-order valence-electron chi connectivity index (χ0n) is 8.71. The summed E-state index contributed by atoms with van der Waals surface area (Å²) in [6, 6.07) is 0. The predicted octanol–water partition coefficient (Wildman–Crippen LogP) is 2.75. The third-order valence-electron chi connectivity index (χ3n) is 4.52. The van der Waals surface area contributed by atoms with Crippen LogP contribution in [0, 0.1) is 17.3 Å². The fourth-order valence-electron chi connectivity index (χ4n) is 3.26. The Hall–Kier alpha value is -0.300. The second-order valence-electron chi connectivity index (χ2n) is 4.92. The van der Waals surface area contributed by atoms with Crippen molar-refractivity contribution in [1.82, 2.24) is 0 Å². The van der Waals surface area contributed by atoms with Crippen molar-refractivity contribution in [3.05, 3.63) is 11.6 Å². The van der Waals surface area contributed by atoms with Crippen LogP contribution >= 0.6 is 0 Å². The van der Waals surface area contributed by atoms with Crippen LogP contribution in [0.3, 0.4) is 0 Å². The van der Waals surface area contributed by atoms with Crippen LogP contribution < -0.4 is 0 Å². The molecule has 0 aromatic carbocycles. The summed E-state index contributed by atoms with van der Waals surface area (Å²) in [5.41, 5.74) is 1.96. The van der Waals surface area contributed by atoms with Crippen LogP contribution in [-0.2, 0) is 0 Å². The molecule has 2 rings (SSSR count). The lowest BCUT2D eigenvalue weighted by molar-refractivity contribution is 0.0798. The average Bonchev–Trinajstić information content (AvgIpc) is 2.45. The van der Waals surface area contributed by atoms with Crippen LogP contribution in [0.2, 0.25) is 0 Å². The SMILES string of the molecule is CC1CCCC2=CCC(CO)C21C. The van der Waals surface area contributed by atoms with Gasteiger partial charge in [0, 0.05) is 6.61 Å². The molecule has 2 aliphatic rings. The Morgan fingerprint density at radius 2 is 2.38 bits per heavy atom. The molecule has 0 saturated heterocycles. The van der Waals surface area contributed by atoms with Crippen molar-refractivity contribution >= 4 is 0 Å².